The Morgan fingerprint density at radius 1 is 1.10 bits per heavy atom. The fourth-order valence-electron chi connectivity index (χ4n) is 2.38. The number of carbonyl (C=O) groups excluding carboxylic acids is 1. The third kappa shape index (κ3) is 3.26. The Labute approximate surface area is 128 Å². The number of hydrogen-bond donors (Lipinski definition) is 1. The van der Waals surface area contributed by atoms with Gasteiger partial charge in [-0.15, -0.1) is 11.6 Å². The fourth-order valence-corrected chi connectivity index (χ4v) is 2.60. The first-order valence-electron chi connectivity index (χ1n) is 6.92. The van der Waals surface area contributed by atoms with Crippen LogP contribution in [0.4, 0.5) is 5.69 Å². The van der Waals surface area contributed by atoms with Crippen molar-refractivity contribution in [3.05, 3.63) is 64.7 Å². The Morgan fingerprint density at radius 2 is 1.86 bits per heavy atom. The van der Waals surface area contributed by atoms with Gasteiger partial charge in [0.2, 0.25) is 0 Å². The summed E-state index contributed by atoms with van der Waals surface area (Å²) < 4.78 is 5.36. The van der Waals surface area contributed by atoms with E-state index in [1.807, 2.05) is 42.5 Å². The van der Waals surface area contributed by atoms with Gasteiger partial charge in [0.25, 0.3) is 5.91 Å². The Morgan fingerprint density at radius 3 is 2.62 bits per heavy atom. The average molecular weight is 302 g/mol. The number of hydrogen-bond acceptors (Lipinski definition) is 2. The van der Waals surface area contributed by atoms with Crippen LogP contribution in [0.1, 0.15) is 27.0 Å². The topological polar surface area (TPSA) is 38.3 Å². The van der Waals surface area contributed by atoms with Crippen molar-refractivity contribution in [2.24, 2.45) is 0 Å². The molecule has 0 unspecified atom stereocenters. The van der Waals surface area contributed by atoms with Gasteiger partial charge in [0.05, 0.1) is 13.2 Å². The molecule has 0 spiro atoms. The minimum absolute atomic E-state index is 0.102. The standard InChI is InChI=1S/C17H16ClNO2/c18-8-7-12-1-5-16(6-2-12)19-17(20)13-3-4-14-10-21-11-15(14)9-13/h1-6,9H,7-8,10-11H2,(H,19,20). The Balaban J connectivity index is 1.71. The first kappa shape index (κ1) is 14.1. The van der Waals surface area contributed by atoms with Crippen molar-refractivity contribution in [1.82, 2.24) is 0 Å². The Kier molecular flexibility index (Phi) is 4.23. The molecular formula is C17H16ClNO2. The van der Waals surface area contributed by atoms with Gasteiger partial charge >= 0.3 is 0 Å². The summed E-state index contributed by atoms with van der Waals surface area (Å²) in [7, 11) is 0. The summed E-state index contributed by atoms with van der Waals surface area (Å²) in [6.07, 6.45) is 0.834. The molecule has 2 aromatic carbocycles. The van der Waals surface area contributed by atoms with Crippen LogP contribution >= 0.6 is 11.6 Å². The molecule has 3 nitrogen and oxygen atoms in total. The molecule has 0 aromatic heterocycles. The quantitative estimate of drug-likeness (QED) is 0.873. The molecule has 0 fully saturated rings. The number of rotatable bonds is 4. The second kappa shape index (κ2) is 6.29. The number of amides is 1. The van der Waals surface area contributed by atoms with Gasteiger partial charge in [-0.25, -0.2) is 0 Å². The minimum atomic E-state index is -0.102. The van der Waals surface area contributed by atoms with Crippen molar-refractivity contribution in [1.29, 1.82) is 0 Å². The molecule has 108 valence electrons. The third-order valence-electron chi connectivity index (χ3n) is 3.58. The molecule has 0 atom stereocenters. The highest BCUT2D eigenvalue weighted by Gasteiger charge is 2.14. The lowest BCUT2D eigenvalue weighted by atomic mass is 10.1. The van der Waals surface area contributed by atoms with E-state index in [0.717, 1.165) is 28.8 Å². The largest absolute Gasteiger partial charge is 0.372 e. The summed E-state index contributed by atoms with van der Waals surface area (Å²) in [6.45, 7) is 1.23. The number of ether oxygens (including phenoxy) is 1. The number of aryl methyl sites for hydroxylation is 1. The van der Waals surface area contributed by atoms with E-state index in [0.29, 0.717) is 24.7 Å². The van der Waals surface area contributed by atoms with Crippen LogP contribution in [0, 0.1) is 0 Å². The number of halogens is 1. The van der Waals surface area contributed by atoms with Crippen molar-refractivity contribution in [2.75, 3.05) is 11.2 Å². The highest BCUT2D eigenvalue weighted by molar-refractivity contribution is 6.18. The van der Waals surface area contributed by atoms with Crippen LogP contribution in [-0.2, 0) is 24.4 Å². The Hall–Kier alpha value is -1.84. The molecule has 0 aliphatic carbocycles. The molecule has 2 aromatic rings. The molecule has 4 heteroatoms. The molecular weight excluding hydrogens is 286 g/mol. The van der Waals surface area contributed by atoms with Crippen molar-refractivity contribution in [2.45, 2.75) is 19.6 Å². The zero-order chi connectivity index (χ0) is 14.7. The monoisotopic (exact) mass is 301 g/mol. The predicted octanol–water partition coefficient (Wildman–Crippen LogP) is 3.75. The summed E-state index contributed by atoms with van der Waals surface area (Å²) in [5, 5.41) is 2.91. The summed E-state index contributed by atoms with van der Waals surface area (Å²) in [5.41, 5.74) is 4.87. The van der Waals surface area contributed by atoms with E-state index in [9.17, 15) is 4.79 Å². The van der Waals surface area contributed by atoms with E-state index < -0.39 is 0 Å². The lowest BCUT2D eigenvalue weighted by molar-refractivity contribution is 0.102. The van der Waals surface area contributed by atoms with Crippen molar-refractivity contribution in [3.63, 3.8) is 0 Å². The summed E-state index contributed by atoms with van der Waals surface area (Å²) in [6, 6.07) is 13.5. The van der Waals surface area contributed by atoms with Crippen molar-refractivity contribution >= 4 is 23.2 Å². The van der Waals surface area contributed by atoms with Gasteiger partial charge in [0.1, 0.15) is 0 Å². The number of fused-ring (bicyclic) bond motifs is 1. The average Bonchev–Trinajstić information content (AvgIpc) is 2.97. The van der Waals surface area contributed by atoms with Crippen molar-refractivity contribution in [3.8, 4) is 0 Å². The second-order valence-electron chi connectivity index (χ2n) is 5.07. The third-order valence-corrected chi connectivity index (χ3v) is 3.77. The molecule has 1 aliphatic rings. The van der Waals surface area contributed by atoms with Crippen LogP contribution in [0.3, 0.4) is 0 Å². The molecule has 0 saturated heterocycles. The van der Waals surface area contributed by atoms with Crippen LogP contribution in [-0.4, -0.2) is 11.8 Å². The van der Waals surface area contributed by atoms with Gasteiger partial charge in [-0.1, -0.05) is 18.2 Å². The van der Waals surface area contributed by atoms with Crippen LogP contribution < -0.4 is 5.32 Å². The van der Waals surface area contributed by atoms with Gasteiger partial charge in [0.15, 0.2) is 0 Å². The van der Waals surface area contributed by atoms with Crippen LogP contribution in [0.5, 0.6) is 0 Å². The van der Waals surface area contributed by atoms with Crippen LogP contribution in [0.2, 0.25) is 0 Å². The maximum atomic E-state index is 12.3. The maximum absolute atomic E-state index is 12.3. The second-order valence-corrected chi connectivity index (χ2v) is 5.44. The minimum Gasteiger partial charge on any atom is -0.372 e. The predicted molar refractivity (Wildman–Crippen MR) is 83.8 cm³/mol. The van der Waals surface area contributed by atoms with Crippen molar-refractivity contribution < 1.29 is 9.53 Å². The normalized spacial score (nSPS) is 13.0. The number of anilines is 1. The zero-order valence-electron chi connectivity index (χ0n) is 11.6. The smallest absolute Gasteiger partial charge is 0.255 e. The van der Waals surface area contributed by atoms with E-state index >= 15 is 0 Å². The highest BCUT2D eigenvalue weighted by Crippen LogP contribution is 2.21. The zero-order valence-corrected chi connectivity index (χ0v) is 12.3. The van der Waals surface area contributed by atoms with Gasteiger partial charge in [0, 0.05) is 17.1 Å². The van der Waals surface area contributed by atoms with Gasteiger partial charge in [-0.2, -0.15) is 0 Å². The van der Waals surface area contributed by atoms with E-state index in [1.54, 1.807) is 0 Å². The number of nitrogens with one attached hydrogen (secondary N) is 1. The molecule has 0 radical (unpaired) electrons. The molecule has 0 bridgehead atoms. The summed E-state index contributed by atoms with van der Waals surface area (Å²) in [5.74, 6) is 0.498. The van der Waals surface area contributed by atoms with E-state index in [1.165, 1.54) is 0 Å². The van der Waals surface area contributed by atoms with Gasteiger partial charge < -0.3 is 10.1 Å². The molecule has 0 saturated carbocycles. The maximum Gasteiger partial charge on any atom is 0.255 e. The molecule has 1 heterocycles. The highest BCUT2D eigenvalue weighted by atomic mass is 35.5. The van der Waals surface area contributed by atoms with Crippen LogP contribution in [0.15, 0.2) is 42.5 Å². The van der Waals surface area contributed by atoms with E-state index in [2.05, 4.69) is 5.32 Å². The number of benzene rings is 2. The molecule has 1 N–H and O–H groups in total. The first-order chi connectivity index (χ1) is 10.3. The lowest BCUT2D eigenvalue weighted by Crippen LogP contribution is -2.12. The lowest BCUT2D eigenvalue weighted by Gasteiger charge is -2.07. The Bertz CT molecular complexity index is 652. The molecule has 21 heavy (non-hydrogen) atoms. The molecule has 1 amide bonds. The van der Waals surface area contributed by atoms with E-state index in [-0.39, 0.29) is 5.91 Å². The SMILES string of the molecule is O=C(Nc1ccc(CCCl)cc1)c1ccc2c(c1)COC2. The number of carbonyl (C=O) groups is 1. The number of alkyl halides is 1. The summed E-state index contributed by atoms with van der Waals surface area (Å²) >= 11 is 5.71. The molecule has 1 aliphatic heterocycles. The van der Waals surface area contributed by atoms with Crippen LogP contribution in [0.25, 0.3) is 0 Å². The fraction of sp³-hybridized carbons (Fsp3) is 0.235. The van der Waals surface area contributed by atoms with Gasteiger partial charge in [-0.3, -0.25) is 4.79 Å². The van der Waals surface area contributed by atoms with Gasteiger partial charge in [-0.05, 0) is 47.4 Å². The summed E-state index contributed by atoms with van der Waals surface area (Å²) in [4.78, 5) is 12.3. The first-order valence-corrected chi connectivity index (χ1v) is 7.45. The molecule has 3 rings (SSSR count). The van der Waals surface area contributed by atoms with E-state index in [4.69, 9.17) is 16.3 Å².